The fourth-order valence-corrected chi connectivity index (χ4v) is 4.30. The summed E-state index contributed by atoms with van der Waals surface area (Å²) < 4.78 is 0. The molecule has 7 heteroatoms. The summed E-state index contributed by atoms with van der Waals surface area (Å²) in [5.74, 6) is 0.710. The van der Waals surface area contributed by atoms with Gasteiger partial charge in [0.2, 0.25) is 0 Å². The molecule has 24 heavy (non-hydrogen) atoms. The Balaban J connectivity index is 1.69. The van der Waals surface area contributed by atoms with E-state index in [-0.39, 0.29) is 11.9 Å². The molecule has 4 rings (SSSR count). The van der Waals surface area contributed by atoms with Crippen molar-refractivity contribution in [2.45, 2.75) is 17.4 Å². The summed E-state index contributed by atoms with van der Waals surface area (Å²) in [5.41, 5.74) is 9.03. The van der Waals surface area contributed by atoms with Crippen LogP contribution in [0.1, 0.15) is 28.4 Å². The lowest BCUT2D eigenvalue weighted by Gasteiger charge is -2.22. The van der Waals surface area contributed by atoms with E-state index in [0.717, 1.165) is 33.7 Å². The number of hydrogen-bond donors (Lipinski definition) is 3. The van der Waals surface area contributed by atoms with Crippen LogP contribution in [0.4, 0.5) is 5.69 Å². The quantitative estimate of drug-likeness (QED) is 0.647. The third kappa shape index (κ3) is 2.66. The summed E-state index contributed by atoms with van der Waals surface area (Å²) in [6.45, 7) is 0. The molecule has 0 radical (unpaired) electrons. The fraction of sp³-hybridized carbons (Fsp3) is 0.176. The van der Waals surface area contributed by atoms with Crippen LogP contribution < -0.4 is 11.1 Å². The zero-order valence-electron chi connectivity index (χ0n) is 12.7. The van der Waals surface area contributed by atoms with Crippen molar-refractivity contribution in [1.82, 2.24) is 9.97 Å². The van der Waals surface area contributed by atoms with Crippen LogP contribution in [0.5, 0.6) is 0 Å². The smallest absolute Gasteiger partial charge is 0.257 e. The molecule has 2 aromatic heterocycles. The molecule has 0 saturated heterocycles. The molecule has 1 amide bonds. The van der Waals surface area contributed by atoms with Crippen molar-refractivity contribution in [3.05, 3.63) is 52.8 Å². The number of H-pyrrole nitrogens is 1. The number of fused-ring (bicyclic) bond motifs is 2. The molecule has 0 aliphatic carbocycles. The van der Waals surface area contributed by atoms with Gasteiger partial charge < -0.3 is 16.0 Å². The average Bonchev–Trinajstić information content (AvgIpc) is 3.05. The Morgan fingerprint density at radius 2 is 2.29 bits per heavy atom. The highest BCUT2D eigenvalue weighted by Crippen LogP contribution is 2.38. The number of pyridine rings is 1. The Morgan fingerprint density at radius 1 is 1.42 bits per heavy atom. The zero-order valence-corrected chi connectivity index (χ0v) is 14.2. The number of halogens is 1. The van der Waals surface area contributed by atoms with Gasteiger partial charge in [-0.05, 0) is 42.0 Å². The van der Waals surface area contributed by atoms with Crippen molar-refractivity contribution in [3.63, 3.8) is 0 Å². The van der Waals surface area contributed by atoms with Gasteiger partial charge >= 0.3 is 0 Å². The van der Waals surface area contributed by atoms with Gasteiger partial charge in [-0.15, -0.1) is 11.8 Å². The van der Waals surface area contributed by atoms with E-state index < -0.39 is 0 Å². The molecule has 3 aromatic rings. The number of aromatic amines is 1. The molecule has 122 valence electrons. The van der Waals surface area contributed by atoms with Gasteiger partial charge in [0.25, 0.3) is 5.91 Å². The first-order valence-corrected chi connectivity index (χ1v) is 8.95. The number of benzene rings is 1. The number of rotatable bonds is 2. The molecule has 0 saturated carbocycles. The van der Waals surface area contributed by atoms with E-state index in [9.17, 15) is 4.79 Å². The summed E-state index contributed by atoms with van der Waals surface area (Å²) in [6, 6.07) is 7.29. The second kappa shape index (κ2) is 6.12. The van der Waals surface area contributed by atoms with Crippen LogP contribution in [0.3, 0.4) is 0 Å². The molecule has 4 N–H and O–H groups in total. The maximum absolute atomic E-state index is 12.7. The number of hydrogen-bond acceptors (Lipinski definition) is 4. The molecular weight excluding hydrogens is 344 g/mol. The van der Waals surface area contributed by atoms with Crippen molar-refractivity contribution in [3.8, 4) is 0 Å². The highest BCUT2D eigenvalue weighted by Gasteiger charge is 2.22. The topological polar surface area (TPSA) is 83.8 Å². The second-order valence-electron chi connectivity index (χ2n) is 5.67. The first-order valence-electron chi connectivity index (χ1n) is 7.59. The third-order valence-electron chi connectivity index (χ3n) is 4.14. The molecule has 1 aliphatic rings. The van der Waals surface area contributed by atoms with E-state index in [1.165, 1.54) is 0 Å². The number of carbonyl (C=O) groups is 1. The lowest BCUT2D eigenvalue weighted by Crippen LogP contribution is -2.18. The van der Waals surface area contributed by atoms with Crippen molar-refractivity contribution < 1.29 is 4.79 Å². The van der Waals surface area contributed by atoms with Crippen molar-refractivity contribution >= 4 is 46.0 Å². The van der Waals surface area contributed by atoms with E-state index >= 15 is 0 Å². The van der Waals surface area contributed by atoms with Crippen molar-refractivity contribution in [2.24, 2.45) is 5.73 Å². The standard InChI is InChI=1S/C17H15ClN4OS/c18-12-7-11-13(19)3-6-24-15(11)8-10(12)17(23)22-14-2-5-21-16-9(14)1-4-20-16/h1-2,4-5,7-8,13H,3,6,19H2,(H2,20,21,22,23). The Bertz CT molecular complexity index is 939. The number of amides is 1. The predicted octanol–water partition coefficient (Wildman–Crippen LogP) is 3.96. The van der Waals surface area contributed by atoms with Gasteiger partial charge in [0.15, 0.2) is 0 Å². The third-order valence-corrected chi connectivity index (χ3v) is 5.56. The Kier molecular flexibility index (Phi) is 3.96. The number of nitrogens with zero attached hydrogens (tertiary/aromatic N) is 1. The Morgan fingerprint density at radius 3 is 3.17 bits per heavy atom. The molecule has 0 bridgehead atoms. The average molecular weight is 359 g/mol. The van der Waals surface area contributed by atoms with Crippen LogP contribution in [0.25, 0.3) is 11.0 Å². The van der Waals surface area contributed by atoms with Crippen LogP contribution in [-0.2, 0) is 0 Å². The second-order valence-corrected chi connectivity index (χ2v) is 7.21. The molecular formula is C17H15ClN4OS. The maximum Gasteiger partial charge on any atom is 0.257 e. The maximum atomic E-state index is 12.7. The Hall–Kier alpha value is -2.02. The highest BCUT2D eigenvalue weighted by molar-refractivity contribution is 7.99. The van der Waals surface area contributed by atoms with Crippen molar-refractivity contribution in [1.29, 1.82) is 0 Å². The summed E-state index contributed by atoms with van der Waals surface area (Å²) >= 11 is 8.05. The first kappa shape index (κ1) is 15.5. The predicted molar refractivity (Wildman–Crippen MR) is 97.8 cm³/mol. The van der Waals surface area contributed by atoms with Gasteiger partial charge in [-0.2, -0.15) is 0 Å². The first-order chi connectivity index (χ1) is 11.6. The van der Waals surface area contributed by atoms with Crippen LogP contribution in [0, 0.1) is 0 Å². The van der Waals surface area contributed by atoms with Gasteiger partial charge in [0, 0.05) is 28.7 Å². The largest absolute Gasteiger partial charge is 0.346 e. The summed E-state index contributed by atoms with van der Waals surface area (Å²) in [4.78, 5) is 21.0. The fourth-order valence-electron chi connectivity index (χ4n) is 2.87. The summed E-state index contributed by atoms with van der Waals surface area (Å²) in [5, 5.41) is 4.20. The molecule has 1 unspecified atom stereocenters. The summed E-state index contributed by atoms with van der Waals surface area (Å²) in [6.07, 6.45) is 4.36. The lowest BCUT2D eigenvalue weighted by molar-refractivity contribution is 0.102. The Labute approximate surface area is 148 Å². The SMILES string of the molecule is NC1CCSc2cc(C(=O)Nc3ccnc4[nH]ccc34)c(Cl)cc21. The molecule has 1 aromatic carbocycles. The van der Waals surface area contributed by atoms with Gasteiger partial charge in [0.05, 0.1) is 16.3 Å². The van der Waals surface area contributed by atoms with E-state index in [0.29, 0.717) is 16.3 Å². The molecule has 5 nitrogen and oxygen atoms in total. The number of anilines is 1. The number of carbonyl (C=O) groups excluding carboxylic acids is 1. The van der Waals surface area contributed by atoms with E-state index in [2.05, 4.69) is 15.3 Å². The number of aromatic nitrogens is 2. The molecule has 3 heterocycles. The van der Waals surface area contributed by atoms with Crippen LogP contribution in [-0.4, -0.2) is 21.6 Å². The lowest BCUT2D eigenvalue weighted by atomic mass is 10.0. The van der Waals surface area contributed by atoms with E-state index in [1.807, 2.05) is 18.2 Å². The number of thioether (sulfide) groups is 1. The minimum absolute atomic E-state index is 0.0180. The van der Waals surface area contributed by atoms with Crippen molar-refractivity contribution in [2.75, 3.05) is 11.1 Å². The molecule has 0 fully saturated rings. The van der Waals surface area contributed by atoms with Gasteiger partial charge in [-0.25, -0.2) is 4.98 Å². The van der Waals surface area contributed by atoms with Crippen LogP contribution >= 0.6 is 23.4 Å². The van der Waals surface area contributed by atoms with Gasteiger partial charge in [-0.1, -0.05) is 11.6 Å². The number of nitrogens with one attached hydrogen (secondary N) is 2. The number of nitrogens with two attached hydrogens (primary N) is 1. The van der Waals surface area contributed by atoms with Gasteiger partial charge in [-0.3, -0.25) is 4.79 Å². The summed E-state index contributed by atoms with van der Waals surface area (Å²) in [7, 11) is 0. The minimum Gasteiger partial charge on any atom is -0.346 e. The molecule has 1 aliphatic heterocycles. The minimum atomic E-state index is -0.240. The zero-order chi connectivity index (χ0) is 16.7. The van der Waals surface area contributed by atoms with Crippen LogP contribution in [0.15, 0.2) is 41.6 Å². The van der Waals surface area contributed by atoms with Crippen LogP contribution in [0.2, 0.25) is 5.02 Å². The van der Waals surface area contributed by atoms with E-state index in [4.69, 9.17) is 17.3 Å². The molecule has 1 atom stereocenters. The van der Waals surface area contributed by atoms with Gasteiger partial charge in [0.1, 0.15) is 5.65 Å². The molecule has 0 spiro atoms. The normalized spacial score (nSPS) is 16.8. The highest BCUT2D eigenvalue weighted by atomic mass is 35.5. The van der Waals surface area contributed by atoms with E-state index in [1.54, 1.807) is 30.2 Å². The monoisotopic (exact) mass is 358 g/mol.